The van der Waals surface area contributed by atoms with Gasteiger partial charge in [-0.05, 0) is 49.7 Å². The standard InChI is InChI=1S/C26H25ClN2O4/c1-3-32-22-13-10-18(14-23(22)33-4-2)26(31)29-16-24(30)28-21-15-19(27)11-12-20(21)25(29)17-8-6-5-7-9-17/h5-15,25H,3-4,16H2,1-2H3,(H,28,30). The molecule has 33 heavy (non-hydrogen) atoms. The number of anilines is 1. The highest BCUT2D eigenvalue weighted by molar-refractivity contribution is 6.31. The van der Waals surface area contributed by atoms with E-state index in [4.69, 9.17) is 21.1 Å². The Bertz CT molecular complexity index is 1170. The molecule has 170 valence electrons. The number of carbonyl (C=O) groups excluding carboxylic acids is 2. The monoisotopic (exact) mass is 464 g/mol. The molecular formula is C26H25ClN2O4. The van der Waals surface area contributed by atoms with Gasteiger partial charge in [0.15, 0.2) is 11.5 Å². The van der Waals surface area contributed by atoms with E-state index in [-0.39, 0.29) is 18.4 Å². The molecule has 0 bridgehead atoms. The third-order valence-electron chi connectivity index (χ3n) is 5.38. The van der Waals surface area contributed by atoms with E-state index in [1.807, 2.05) is 50.2 Å². The van der Waals surface area contributed by atoms with Crippen LogP contribution in [0.3, 0.4) is 0 Å². The number of hydrogen-bond acceptors (Lipinski definition) is 4. The lowest BCUT2D eigenvalue weighted by atomic mass is 9.95. The van der Waals surface area contributed by atoms with Crippen molar-refractivity contribution >= 4 is 29.1 Å². The second kappa shape index (κ2) is 9.96. The lowest BCUT2D eigenvalue weighted by Crippen LogP contribution is -2.39. The molecular weight excluding hydrogens is 440 g/mol. The number of rotatable bonds is 6. The Kier molecular flexibility index (Phi) is 6.84. The van der Waals surface area contributed by atoms with Crippen LogP contribution in [0.4, 0.5) is 5.69 Å². The third kappa shape index (κ3) is 4.81. The maximum atomic E-state index is 13.8. The van der Waals surface area contributed by atoms with Gasteiger partial charge in [0.25, 0.3) is 5.91 Å². The van der Waals surface area contributed by atoms with Crippen LogP contribution in [0.25, 0.3) is 0 Å². The van der Waals surface area contributed by atoms with Crippen LogP contribution in [0.15, 0.2) is 66.7 Å². The molecule has 0 aliphatic carbocycles. The van der Waals surface area contributed by atoms with E-state index >= 15 is 0 Å². The Balaban J connectivity index is 1.82. The normalized spacial score (nSPS) is 15.3. The number of fused-ring (bicyclic) bond motifs is 1. The van der Waals surface area contributed by atoms with Gasteiger partial charge in [-0.25, -0.2) is 0 Å². The Morgan fingerprint density at radius 1 is 1.00 bits per heavy atom. The zero-order valence-corrected chi connectivity index (χ0v) is 19.3. The largest absolute Gasteiger partial charge is 0.490 e. The van der Waals surface area contributed by atoms with Crippen LogP contribution in [0.2, 0.25) is 5.02 Å². The molecule has 0 spiro atoms. The van der Waals surface area contributed by atoms with E-state index in [1.54, 1.807) is 35.2 Å². The van der Waals surface area contributed by atoms with E-state index in [0.29, 0.717) is 41.0 Å². The van der Waals surface area contributed by atoms with Crippen molar-refractivity contribution in [2.75, 3.05) is 25.1 Å². The summed E-state index contributed by atoms with van der Waals surface area (Å²) in [7, 11) is 0. The van der Waals surface area contributed by atoms with Crippen molar-refractivity contribution in [1.82, 2.24) is 4.90 Å². The van der Waals surface area contributed by atoms with Crippen LogP contribution in [0.5, 0.6) is 11.5 Å². The maximum absolute atomic E-state index is 13.8. The average Bonchev–Trinajstić information content (AvgIpc) is 2.95. The third-order valence-corrected chi connectivity index (χ3v) is 5.61. The highest BCUT2D eigenvalue weighted by atomic mass is 35.5. The minimum Gasteiger partial charge on any atom is -0.490 e. The van der Waals surface area contributed by atoms with Crippen molar-refractivity contribution in [3.63, 3.8) is 0 Å². The maximum Gasteiger partial charge on any atom is 0.255 e. The molecule has 0 saturated heterocycles. The number of carbonyl (C=O) groups is 2. The van der Waals surface area contributed by atoms with E-state index < -0.39 is 6.04 Å². The van der Waals surface area contributed by atoms with Crippen molar-refractivity contribution in [2.24, 2.45) is 0 Å². The Labute approximate surface area is 198 Å². The number of nitrogens with zero attached hydrogens (tertiary/aromatic N) is 1. The first-order valence-corrected chi connectivity index (χ1v) is 11.2. The second-order valence-corrected chi connectivity index (χ2v) is 7.99. The van der Waals surface area contributed by atoms with Crippen LogP contribution in [-0.2, 0) is 4.79 Å². The summed E-state index contributed by atoms with van der Waals surface area (Å²) in [6, 6.07) is 19.6. The van der Waals surface area contributed by atoms with Gasteiger partial charge in [-0.2, -0.15) is 0 Å². The summed E-state index contributed by atoms with van der Waals surface area (Å²) >= 11 is 6.20. The summed E-state index contributed by atoms with van der Waals surface area (Å²) in [5.74, 6) is 0.490. The number of nitrogens with one attached hydrogen (secondary N) is 1. The van der Waals surface area contributed by atoms with Crippen molar-refractivity contribution in [2.45, 2.75) is 19.9 Å². The molecule has 4 rings (SSSR count). The number of amides is 2. The molecule has 1 atom stereocenters. The smallest absolute Gasteiger partial charge is 0.255 e. The molecule has 1 unspecified atom stereocenters. The van der Waals surface area contributed by atoms with Crippen LogP contribution in [0, 0.1) is 0 Å². The predicted octanol–water partition coefficient (Wildman–Crippen LogP) is 5.32. The highest BCUT2D eigenvalue weighted by Gasteiger charge is 2.34. The molecule has 3 aromatic carbocycles. The first-order valence-electron chi connectivity index (χ1n) is 10.9. The van der Waals surface area contributed by atoms with Gasteiger partial charge in [0.1, 0.15) is 6.54 Å². The quantitative estimate of drug-likeness (QED) is 0.536. The summed E-state index contributed by atoms with van der Waals surface area (Å²) in [6.45, 7) is 4.57. The van der Waals surface area contributed by atoms with E-state index in [2.05, 4.69) is 5.32 Å². The van der Waals surface area contributed by atoms with Gasteiger partial charge in [-0.3, -0.25) is 9.59 Å². The highest BCUT2D eigenvalue weighted by Crippen LogP contribution is 2.38. The van der Waals surface area contributed by atoms with Crippen molar-refractivity contribution in [1.29, 1.82) is 0 Å². The molecule has 3 aromatic rings. The van der Waals surface area contributed by atoms with E-state index in [1.165, 1.54) is 0 Å². The van der Waals surface area contributed by atoms with Gasteiger partial charge < -0.3 is 19.7 Å². The Hall–Kier alpha value is -3.51. The fourth-order valence-electron chi connectivity index (χ4n) is 4.01. The molecule has 0 radical (unpaired) electrons. The molecule has 6 nitrogen and oxygen atoms in total. The molecule has 1 N–H and O–H groups in total. The molecule has 1 aliphatic rings. The summed E-state index contributed by atoms with van der Waals surface area (Å²) in [4.78, 5) is 28.2. The van der Waals surface area contributed by atoms with Gasteiger partial charge in [-0.15, -0.1) is 0 Å². The fourth-order valence-corrected chi connectivity index (χ4v) is 4.18. The van der Waals surface area contributed by atoms with Gasteiger partial charge in [0.05, 0.1) is 19.3 Å². The van der Waals surface area contributed by atoms with Gasteiger partial charge in [-0.1, -0.05) is 48.0 Å². The molecule has 7 heteroatoms. The molecule has 1 heterocycles. The summed E-state index contributed by atoms with van der Waals surface area (Å²) in [5, 5.41) is 3.40. The summed E-state index contributed by atoms with van der Waals surface area (Å²) < 4.78 is 11.3. The van der Waals surface area contributed by atoms with Crippen LogP contribution < -0.4 is 14.8 Å². The summed E-state index contributed by atoms with van der Waals surface area (Å²) in [5.41, 5.74) is 2.69. The van der Waals surface area contributed by atoms with Crippen molar-refractivity contribution in [3.05, 3.63) is 88.4 Å². The van der Waals surface area contributed by atoms with E-state index in [9.17, 15) is 9.59 Å². The lowest BCUT2D eigenvalue weighted by molar-refractivity contribution is -0.117. The van der Waals surface area contributed by atoms with Gasteiger partial charge >= 0.3 is 0 Å². The fraction of sp³-hybridized carbons (Fsp3) is 0.231. The first kappa shape index (κ1) is 22.7. The first-order chi connectivity index (χ1) is 16.0. The Morgan fingerprint density at radius 3 is 2.45 bits per heavy atom. The predicted molar refractivity (Wildman–Crippen MR) is 128 cm³/mol. The molecule has 0 saturated carbocycles. The topological polar surface area (TPSA) is 67.9 Å². The molecule has 0 aromatic heterocycles. The zero-order chi connectivity index (χ0) is 23.4. The molecule has 0 fully saturated rings. The second-order valence-electron chi connectivity index (χ2n) is 7.55. The minimum atomic E-state index is -0.480. The Morgan fingerprint density at radius 2 is 1.73 bits per heavy atom. The van der Waals surface area contributed by atoms with Crippen LogP contribution in [-0.4, -0.2) is 36.5 Å². The van der Waals surface area contributed by atoms with Crippen LogP contribution in [0.1, 0.15) is 41.4 Å². The van der Waals surface area contributed by atoms with Crippen molar-refractivity contribution < 1.29 is 19.1 Å². The van der Waals surface area contributed by atoms with E-state index in [0.717, 1.165) is 11.1 Å². The number of halogens is 1. The van der Waals surface area contributed by atoms with Gasteiger partial charge in [0.2, 0.25) is 5.91 Å². The molecule has 2 amide bonds. The molecule has 1 aliphatic heterocycles. The average molecular weight is 465 g/mol. The number of hydrogen-bond donors (Lipinski definition) is 1. The van der Waals surface area contributed by atoms with Crippen LogP contribution >= 0.6 is 11.6 Å². The SMILES string of the molecule is CCOc1ccc(C(=O)N2CC(=O)Nc3cc(Cl)ccc3C2c2ccccc2)cc1OCC. The van der Waals surface area contributed by atoms with Gasteiger partial charge in [0, 0.05) is 21.8 Å². The number of benzene rings is 3. The van der Waals surface area contributed by atoms with Crippen molar-refractivity contribution in [3.8, 4) is 11.5 Å². The zero-order valence-electron chi connectivity index (χ0n) is 18.5. The minimum absolute atomic E-state index is 0.109. The lowest BCUT2D eigenvalue weighted by Gasteiger charge is -2.31. The number of ether oxygens (including phenoxy) is 2. The summed E-state index contributed by atoms with van der Waals surface area (Å²) in [6.07, 6.45) is 0.